The zero-order chi connectivity index (χ0) is 9.42. The van der Waals surface area contributed by atoms with E-state index >= 15 is 0 Å². The third-order valence-electron chi connectivity index (χ3n) is 1.98. The Labute approximate surface area is 74.9 Å². The van der Waals surface area contributed by atoms with E-state index in [2.05, 4.69) is 9.84 Å². The van der Waals surface area contributed by atoms with Crippen molar-refractivity contribution in [3.05, 3.63) is 11.9 Å². The number of hydrogen-bond acceptors (Lipinski definition) is 3. The van der Waals surface area contributed by atoms with Crippen molar-refractivity contribution in [3.63, 3.8) is 0 Å². The molecule has 0 aliphatic heterocycles. The van der Waals surface area contributed by atoms with E-state index in [0.29, 0.717) is 11.7 Å². The van der Waals surface area contributed by atoms with Crippen molar-refractivity contribution in [1.29, 1.82) is 0 Å². The Morgan fingerprint density at radius 3 is 3.00 bits per heavy atom. The molecule has 1 fully saturated rings. The van der Waals surface area contributed by atoms with Gasteiger partial charge in [0.1, 0.15) is 5.69 Å². The second-order valence-corrected chi connectivity index (χ2v) is 3.19. The molecule has 0 unspecified atom stereocenters. The van der Waals surface area contributed by atoms with Crippen LogP contribution in [-0.2, 0) is 7.05 Å². The lowest BCUT2D eigenvalue weighted by atomic mass is 10.3. The fourth-order valence-corrected chi connectivity index (χ4v) is 1.30. The van der Waals surface area contributed by atoms with Gasteiger partial charge in [0.05, 0.1) is 6.20 Å². The third-order valence-corrected chi connectivity index (χ3v) is 1.98. The van der Waals surface area contributed by atoms with Gasteiger partial charge in [0.15, 0.2) is 5.75 Å². The van der Waals surface area contributed by atoms with Gasteiger partial charge in [-0.3, -0.25) is 4.68 Å². The molecular formula is C8H10N2O3. The second-order valence-electron chi connectivity index (χ2n) is 3.19. The number of hydrogen-bond donors (Lipinski definition) is 1. The zero-order valence-corrected chi connectivity index (χ0v) is 7.23. The highest BCUT2D eigenvalue weighted by Crippen LogP contribution is 2.43. The summed E-state index contributed by atoms with van der Waals surface area (Å²) in [7, 11) is 1.75. The third kappa shape index (κ3) is 1.63. The van der Waals surface area contributed by atoms with Gasteiger partial charge >= 0.3 is 6.16 Å². The molecule has 0 spiro atoms. The molecule has 13 heavy (non-hydrogen) atoms. The fourth-order valence-electron chi connectivity index (χ4n) is 1.30. The van der Waals surface area contributed by atoms with Gasteiger partial charge in [0, 0.05) is 13.0 Å². The molecular weight excluding hydrogens is 172 g/mol. The van der Waals surface area contributed by atoms with Crippen LogP contribution in [0.4, 0.5) is 4.79 Å². The SMILES string of the molecule is Cn1cc(OC(=O)O)c(C2CC2)n1. The van der Waals surface area contributed by atoms with Crippen LogP contribution >= 0.6 is 0 Å². The van der Waals surface area contributed by atoms with E-state index in [4.69, 9.17) is 5.11 Å². The molecule has 5 nitrogen and oxygen atoms in total. The lowest BCUT2D eigenvalue weighted by Gasteiger charge is -1.96. The van der Waals surface area contributed by atoms with Gasteiger partial charge < -0.3 is 9.84 Å². The Kier molecular flexibility index (Phi) is 1.72. The smallest absolute Gasteiger partial charge is 0.449 e. The summed E-state index contributed by atoms with van der Waals surface area (Å²) in [6.45, 7) is 0. The van der Waals surface area contributed by atoms with Crippen molar-refractivity contribution >= 4 is 6.16 Å². The first-order valence-corrected chi connectivity index (χ1v) is 4.11. The molecule has 1 aromatic rings. The molecule has 0 saturated heterocycles. The number of rotatable bonds is 2. The Balaban J connectivity index is 2.25. The molecule has 0 atom stereocenters. The van der Waals surface area contributed by atoms with E-state index in [-0.39, 0.29) is 0 Å². The molecule has 2 rings (SSSR count). The molecule has 0 aromatic carbocycles. The van der Waals surface area contributed by atoms with Crippen molar-refractivity contribution in [2.24, 2.45) is 7.05 Å². The molecule has 5 heteroatoms. The van der Waals surface area contributed by atoms with Gasteiger partial charge in [-0.05, 0) is 12.8 Å². The lowest BCUT2D eigenvalue weighted by Crippen LogP contribution is -2.03. The van der Waals surface area contributed by atoms with E-state index in [9.17, 15) is 4.79 Å². The first-order chi connectivity index (χ1) is 6.16. The monoisotopic (exact) mass is 182 g/mol. The molecule has 0 amide bonds. The van der Waals surface area contributed by atoms with Crippen molar-refractivity contribution in [2.45, 2.75) is 18.8 Å². The van der Waals surface area contributed by atoms with Crippen LogP contribution in [0.5, 0.6) is 5.75 Å². The van der Waals surface area contributed by atoms with Crippen LogP contribution in [0.25, 0.3) is 0 Å². The van der Waals surface area contributed by atoms with Crippen molar-refractivity contribution in [1.82, 2.24) is 9.78 Å². The molecule has 0 bridgehead atoms. The summed E-state index contributed by atoms with van der Waals surface area (Å²) in [4.78, 5) is 10.3. The average Bonchev–Trinajstić information content (AvgIpc) is 2.77. The van der Waals surface area contributed by atoms with Crippen LogP contribution in [0.15, 0.2) is 6.20 Å². The van der Waals surface area contributed by atoms with Crippen LogP contribution in [-0.4, -0.2) is 21.0 Å². The van der Waals surface area contributed by atoms with Crippen LogP contribution < -0.4 is 4.74 Å². The van der Waals surface area contributed by atoms with E-state index in [1.165, 1.54) is 0 Å². The highest BCUT2D eigenvalue weighted by atomic mass is 16.7. The quantitative estimate of drug-likeness (QED) is 0.701. The predicted molar refractivity (Wildman–Crippen MR) is 43.8 cm³/mol. The molecule has 1 aliphatic rings. The number of carboxylic acid groups (broad SMARTS) is 1. The Bertz CT molecular complexity index is 341. The standard InChI is InChI=1S/C8H10N2O3/c1-10-4-6(13-8(11)12)7(9-10)5-2-3-5/h4-5H,2-3H2,1H3,(H,11,12). The summed E-state index contributed by atoms with van der Waals surface area (Å²) < 4.78 is 6.18. The highest BCUT2D eigenvalue weighted by Gasteiger charge is 2.30. The number of ether oxygens (including phenoxy) is 1. The zero-order valence-electron chi connectivity index (χ0n) is 7.23. The Morgan fingerprint density at radius 1 is 1.77 bits per heavy atom. The maximum Gasteiger partial charge on any atom is 0.511 e. The van der Waals surface area contributed by atoms with Gasteiger partial charge in [-0.1, -0.05) is 0 Å². The molecule has 1 aliphatic carbocycles. The lowest BCUT2D eigenvalue weighted by molar-refractivity contribution is 0.144. The van der Waals surface area contributed by atoms with Crippen molar-refractivity contribution in [2.75, 3.05) is 0 Å². The van der Waals surface area contributed by atoms with Gasteiger partial charge in [-0.15, -0.1) is 0 Å². The van der Waals surface area contributed by atoms with Crippen LogP contribution in [0.3, 0.4) is 0 Å². The summed E-state index contributed by atoms with van der Waals surface area (Å²) in [5.74, 6) is 0.771. The summed E-state index contributed by atoms with van der Waals surface area (Å²) in [5, 5.41) is 12.6. The fraction of sp³-hybridized carbons (Fsp3) is 0.500. The summed E-state index contributed by atoms with van der Waals surface area (Å²) in [6, 6.07) is 0. The van der Waals surface area contributed by atoms with Gasteiger partial charge in [0.25, 0.3) is 0 Å². The van der Waals surface area contributed by atoms with E-state index in [1.54, 1.807) is 17.9 Å². The molecule has 1 N–H and O–H groups in total. The maximum atomic E-state index is 10.3. The normalized spacial score (nSPS) is 15.8. The van der Waals surface area contributed by atoms with Crippen LogP contribution in [0, 0.1) is 0 Å². The minimum absolute atomic E-state index is 0.373. The van der Waals surface area contributed by atoms with Gasteiger partial charge in [-0.25, -0.2) is 4.79 Å². The predicted octanol–water partition coefficient (Wildman–Crippen LogP) is 1.35. The minimum atomic E-state index is -1.28. The number of aromatic nitrogens is 2. The molecule has 1 heterocycles. The van der Waals surface area contributed by atoms with E-state index < -0.39 is 6.16 Å². The first-order valence-electron chi connectivity index (χ1n) is 4.11. The summed E-state index contributed by atoms with van der Waals surface area (Å²) >= 11 is 0. The topological polar surface area (TPSA) is 64.3 Å². The summed E-state index contributed by atoms with van der Waals surface area (Å²) in [5.41, 5.74) is 0.768. The number of aryl methyl sites for hydroxylation is 1. The molecule has 70 valence electrons. The Morgan fingerprint density at radius 2 is 2.46 bits per heavy atom. The molecule has 1 saturated carbocycles. The van der Waals surface area contributed by atoms with Crippen LogP contribution in [0.2, 0.25) is 0 Å². The number of nitrogens with zero attached hydrogens (tertiary/aromatic N) is 2. The van der Waals surface area contributed by atoms with Crippen molar-refractivity contribution < 1.29 is 14.6 Å². The minimum Gasteiger partial charge on any atom is -0.449 e. The van der Waals surface area contributed by atoms with Crippen molar-refractivity contribution in [3.8, 4) is 5.75 Å². The summed E-state index contributed by atoms with van der Waals surface area (Å²) in [6.07, 6.45) is 2.46. The number of carbonyl (C=O) groups is 1. The van der Waals surface area contributed by atoms with Gasteiger partial charge in [0.2, 0.25) is 0 Å². The maximum absolute atomic E-state index is 10.3. The highest BCUT2D eigenvalue weighted by molar-refractivity contribution is 5.61. The second kappa shape index (κ2) is 2.76. The van der Waals surface area contributed by atoms with Crippen LogP contribution in [0.1, 0.15) is 24.5 Å². The van der Waals surface area contributed by atoms with E-state index in [1.807, 2.05) is 0 Å². The average molecular weight is 182 g/mol. The Hall–Kier alpha value is -1.52. The van der Waals surface area contributed by atoms with Gasteiger partial charge in [-0.2, -0.15) is 5.10 Å². The van der Waals surface area contributed by atoms with E-state index in [0.717, 1.165) is 18.5 Å². The molecule has 1 aromatic heterocycles. The molecule has 0 radical (unpaired) electrons. The largest absolute Gasteiger partial charge is 0.511 e. The first kappa shape index (κ1) is 8.10.